The average molecular weight is 428 g/mol. The van der Waals surface area contributed by atoms with Gasteiger partial charge in [-0.05, 0) is 48.7 Å². The maximum absolute atomic E-state index is 12.2. The molecular weight excluding hydrogens is 394 g/mol. The van der Waals surface area contributed by atoms with Crippen LogP contribution in [0.3, 0.4) is 0 Å². The number of nitrogens with zero attached hydrogens (tertiary/aromatic N) is 2. The number of carbonyl (C=O) groups excluding carboxylic acids is 2. The average Bonchev–Trinajstić information content (AvgIpc) is 2.80. The van der Waals surface area contributed by atoms with E-state index in [-0.39, 0.29) is 23.8 Å². The number of ether oxygens (including phenoxy) is 1. The normalized spacial score (nSPS) is 26.9. The summed E-state index contributed by atoms with van der Waals surface area (Å²) in [6.07, 6.45) is 2.79. The van der Waals surface area contributed by atoms with Crippen LogP contribution >= 0.6 is 0 Å². The number of methoxy groups -OCH3 is 1. The number of pyridine rings is 1. The summed E-state index contributed by atoms with van der Waals surface area (Å²) in [5.41, 5.74) is 1.32. The lowest BCUT2D eigenvalue weighted by Gasteiger charge is -2.44. The highest BCUT2D eigenvalue weighted by Crippen LogP contribution is 2.36. The Morgan fingerprint density at radius 2 is 2.06 bits per heavy atom. The van der Waals surface area contributed by atoms with Gasteiger partial charge in [0.25, 0.3) is 0 Å². The molecule has 0 saturated carbocycles. The van der Waals surface area contributed by atoms with Crippen molar-refractivity contribution in [3.05, 3.63) is 41.6 Å². The fraction of sp³-hybridized carbons (Fsp3) is 0.542. The molecule has 7 nitrogen and oxygen atoms in total. The van der Waals surface area contributed by atoms with Crippen LogP contribution in [0, 0.1) is 0 Å². The summed E-state index contributed by atoms with van der Waals surface area (Å²) in [5.74, 6) is -0.882. The van der Waals surface area contributed by atoms with Crippen molar-refractivity contribution in [2.45, 2.75) is 57.7 Å². The van der Waals surface area contributed by atoms with Crippen molar-refractivity contribution in [1.29, 1.82) is 0 Å². The predicted octanol–water partition coefficient (Wildman–Crippen LogP) is 2.71. The SMILES string of the molecule is CC.CCN1CCC(O)(c2ccc3ncc(C4CCC(=O)NC4=O)cc3c2)C(OC)C1. The highest BCUT2D eigenvalue weighted by Gasteiger charge is 2.43. The number of hydrogen-bond donors (Lipinski definition) is 2. The molecule has 2 fully saturated rings. The molecule has 0 aliphatic carbocycles. The molecule has 31 heavy (non-hydrogen) atoms. The van der Waals surface area contributed by atoms with E-state index in [1.165, 1.54) is 0 Å². The van der Waals surface area contributed by atoms with Crippen LogP contribution in [0.25, 0.3) is 10.9 Å². The molecule has 2 amide bonds. The first-order valence-electron chi connectivity index (χ1n) is 11.2. The van der Waals surface area contributed by atoms with E-state index in [1.54, 1.807) is 13.3 Å². The number of aliphatic hydroxyl groups is 1. The highest BCUT2D eigenvalue weighted by atomic mass is 16.5. The molecule has 1 aromatic heterocycles. The lowest BCUT2D eigenvalue weighted by Crippen LogP contribution is -2.54. The molecule has 0 radical (unpaired) electrons. The summed E-state index contributed by atoms with van der Waals surface area (Å²) in [7, 11) is 1.64. The first-order valence-corrected chi connectivity index (χ1v) is 11.2. The monoisotopic (exact) mass is 427 g/mol. The Labute approximate surface area is 183 Å². The summed E-state index contributed by atoms with van der Waals surface area (Å²) >= 11 is 0. The van der Waals surface area contributed by atoms with Crippen molar-refractivity contribution in [1.82, 2.24) is 15.2 Å². The molecule has 0 bridgehead atoms. The molecule has 2 N–H and O–H groups in total. The molecular formula is C24H33N3O4. The van der Waals surface area contributed by atoms with Gasteiger partial charge in [-0.15, -0.1) is 0 Å². The van der Waals surface area contributed by atoms with Gasteiger partial charge in [0.1, 0.15) is 11.7 Å². The summed E-state index contributed by atoms with van der Waals surface area (Å²) in [6.45, 7) is 8.51. The largest absolute Gasteiger partial charge is 0.382 e. The van der Waals surface area contributed by atoms with Gasteiger partial charge in [-0.3, -0.25) is 19.9 Å². The van der Waals surface area contributed by atoms with E-state index in [0.717, 1.165) is 35.1 Å². The second-order valence-corrected chi connectivity index (χ2v) is 7.97. The third-order valence-electron chi connectivity index (χ3n) is 6.34. The van der Waals surface area contributed by atoms with E-state index >= 15 is 0 Å². The number of hydrogen-bond acceptors (Lipinski definition) is 6. The Morgan fingerprint density at radius 3 is 2.74 bits per heavy atom. The first-order chi connectivity index (χ1) is 14.9. The minimum Gasteiger partial charge on any atom is -0.382 e. The number of benzene rings is 1. The summed E-state index contributed by atoms with van der Waals surface area (Å²) in [4.78, 5) is 30.4. The number of rotatable bonds is 4. The molecule has 7 heteroatoms. The maximum Gasteiger partial charge on any atom is 0.234 e. The highest BCUT2D eigenvalue weighted by molar-refractivity contribution is 6.01. The van der Waals surface area contributed by atoms with Gasteiger partial charge >= 0.3 is 0 Å². The maximum atomic E-state index is 12.2. The van der Waals surface area contributed by atoms with E-state index in [4.69, 9.17) is 4.74 Å². The lowest BCUT2D eigenvalue weighted by atomic mass is 9.81. The minimum atomic E-state index is -1.07. The smallest absolute Gasteiger partial charge is 0.234 e. The Kier molecular flexibility index (Phi) is 7.41. The Hall–Kier alpha value is -2.35. The van der Waals surface area contributed by atoms with E-state index in [9.17, 15) is 14.7 Å². The molecule has 3 unspecified atom stereocenters. The van der Waals surface area contributed by atoms with Gasteiger partial charge < -0.3 is 14.7 Å². The summed E-state index contributed by atoms with van der Waals surface area (Å²) < 4.78 is 5.66. The molecule has 2 aliphatic rings. The minimum absolute atomic E-state index is 0.228. The zero-order valence-electron chi connectivity index (χ0n) is 18.9. The molecule has 2 aliphatic heterocycles. The molecule has 4 rings (SSSR count). The van der Waals surface area contributed by atoms with Gasteiger partial charge in [0, 0.05) is 38.2 Å². The van der Waals surface area contributed by atoms with E-state index in [0.29, 0.717) is 25.8 Å². The number of likely N-dealkylation sites (tertiary alicyclic amines) is 1. The quantitative estimate of drug-likeness (QED) is 0.729. The fourth-order valence-electron chi connectivity index (χ4n) is 4.47. The third kappa shape index (κ3) is 4.63. The van der Waals surface area contributed by atoms with Crippen LogP contribution in [0.5, 0.6) is 0 Å². The second kappa shape index (κ2) is 9.85. The molecule has 2 aromatic rings. The first kappa shape index (κ1) is 23.3. The van der Waals surface area contributed by atoms with Crippen molar-refractivity contribution in [3.8, 4) is 0 Å². The Morgan fingerprint density at radius 1 is 1.29 bits per heavy atom. The third-order valence-corrected chi connectivity index (χ3v) is 6.34. The van der Waals surface area contributed by atoms with Gasteiger partial charge in [0.05, 0.1) is 11.4 Å². The number of fused-ring (bicyclic) bond motifs is 1. The standard InChI is InChI=1S/C22H27N3O4.C2H6/c1-3-25-9-8-22(28,19(13-25)29-2)16-4-6-18-14(11-16)10-15(12-23-18)17-5-7-20(26)24-21(17)27;1-2/h4,6,10-12,17,19,28H,3,5,7-9,13H2,1-2H3,(H,24,26,27);1-2H3. The van der Waals surface area contributed by atoms with E-state index in [1.807, 2.05) is 38.1 Å². The number of nitrogens with one attached hydrogen (secondary N) is 1. The Bertz CT molecular complexity index is 948. The van der Waals surface area contributed by atoms with Crippen molar-refractivity contribution >= 4 is 22.7 Å². The van der Waals surface area contributed by atoms with Crippen molar-refractivity contribution < 1.29 is 19.4 Å². The predicted molar refractivity (Wildman–Crippen MR) is 120 cm³/mol. The van der Waals surface area contributed by atoms with Crippen LogP contribution < -0.4 is 5.32 Å². The van der Waals surface area contributed by atoms with Gasteiger partial charge in [0.2, 0.25) is 11.8 Å². The molecule has 168 valence electrons. The topological polar surface area (TPSA) is 91.8 Å². The van der Waals surface area contributed by atoms with E-state index < -0.39 is 5.60 Å². The number of amides is 2. The van der Waals surface area contributed by atoms with Crippen LogP contribution in [-0.4, -0.2) is 59.7 Å². The lowest BCUT2D eigenvalue weighted by molar-refractivity contribution is -0.138. The van der Waals surface area contributed by atoms with Crippen LogP contribution in [-0.2, 0) is 19.9 Å². The zero-order chi connectivity index (χ0) is 22.6. The van der Waals surface area contributed by atoms with Crippen LogP contribution in [0.4, 0.5) is 0 Å². The molecule has 2 saturated heterocycles. The molecule has 0 spiro atoms. The van der Waals surface area contributed by atoms with Crippen molar-refractivity contribution in [3.63, 3.8) is 0 Å². The van der Waals surface area contributed by atoms with Crippen molar-refractivity contribution in [2.24, 2.45) is 0 Å². The van der Waals surface area contributed by atoms with E-state index in [2.05, 4.69) is 22.1 Å². The number of aromatic nitrogens is 1. The number of likely N-dealkylation sites (N-methyl/N-ethyl adjacent to an activating group) is 1. The second-order valence-electron chi connectivity index (χ2n) is 7.97. The molecule has 3 atom stereocenters. The zero-order valence-corrected chi connectivity index (χ0v) is 18.9. The number of imide groups is 1. The molecule has 1 aromatic carbocycles. The summed E-state index contributed by atoms with van der Waals surface area (Å²) in [5, 5.41) is 14.8. The van der Waals surface area contributed by atoms with Crippen LogP contribution in [0.2, 0.25) is 0 Å². The number of carbonyl (C=O) groups is 2. The molecule has 3 heterocycles. The van der Waals surface area contributed by atoms with Gasteiger partial charge in [-0.1, -0.05) is 26.8 Å². The van der Waals surface area contributed by atoms with Gasteiger partial charge in [0.15, 0.2) is 0 Å². The van der Waals surface area contributed by atoms with Gasteiger partial charge in [-0.2, -0.15) is 0 Å². The van der Waals surface area contributed by atoms with Gasteiger partial charge in [-0.25, -0.2) is 0 Å². The summed E-state index contributed by atoms with van der Waals surface area (Å²) in [6, 6.07) is 7.70. The number of piperidine rings is 2. The van der Waals surface area contributed by atoms with Crippen LogP contribution in [0.1, 0.15) is 57.1 Å². The van der Waals surface area contributed by atoms with Crippen molar-refractivity contribution in [2.75, 3.05) is 26.7 Å². The van der Waals surface area contributed by atoms with Crippen LogP contribution in [0.15, 0.2) is 30.5 Å². The fourth-order valence-corrected chi connectivity index (χ4v) is 4.47. The Balaban J connectivity index is 0.00000132.